The van der Waals surface area contributed by atoms with Gasteiger partial charge in [-0.25, -0.2) is 0 Å². The Kier molecular flexibility index (Phi) is 1.18. The van der Waals surface area contributed by atoms with Gasteiger partial charge in [0.1, 0.15) is 0 Å². The largest absolute Gasteiger partial charge is 0.393 e. The average molecular weight is 152 g/mol. The number of fused-ring (bicyclic) bond motifs is 5. The molecule has 0 heterocycles. The summed E-state index contributed by atoms with van der Waals surface area (Å²) < 4.78 is 0. The first-order valence-corrected chi connectivity index (χ1v) is 5.04. The summed E-state index contributed by atoms with van der Waals surface area (Å²) in [6.07, 6.45) is 6.90. The third kappa shape index (κ3) is 0.703. The first-order valence-electron chi connectivity index (χ1n) is 5.04. The molecule has 3 fully saturated rings. The summed E-state index contributed by atoms with van der Waals surface area (Å²) in [5.74, 6) is 3.60. The highest BCUT2D eigenvalue weighted by molar-refractivity contribution is 5.02. The Balaban J connectivity index is 1.90. The van der Waals surface area contributed by atoms with Crippen molar-refractivity contribution in [3.8, 4) is 0 Å². The highest BCUT2D eigenvalue weighted by Crippen LogP contribution is 2.58. The Bertz CT molecular complexity index is 178. The van der Waals surface area contributed by atoms with E-state index in [2.05, 4.69) is 0 Å². The van der Waals surface area contributed by atoms with E-state index in [9.17, 15) is 5.11 Å². The molecule has 2 unspecified atom stereocenters. The van der Waals surface area contributed by atoms with Gasteiger partial charge >= 0.3 is 0 Å². The van der Waals surface area contributed by atoms with Gasteiger partial charge < -0.3 is 5.11 Å². The van der Waals surface area contributed by atoms with Gasteiger partial charge in [0.25, 0.3) is 0 Å². The fourth-order valence-electron chi connectivity index (χ4n) is 4.03. The minimum absolute atomic E-state index is 0.0827. The lowest BCUT2D eigenvalue weighted by molar-refractivity contribution is 0.0642. The Morgan fingerprint density at radius 1 is 0.909 bits per heavy atom. The van der Waals surface area contributed by atoms with Gasteiger partial charge in [-0.1, -0.05) is 6.42 Å². The molecule has 0 amide bonds. The summed E-state index contributed by atoms with van der Waals surface area (Å²) in [5.41, 5.74) is 0. The fourth-order valence-corrected chi connectivity index (χ4v) is 4.03. The third-order valence-electron chi connectivity index (χ3n) is 4.39. The maximum absolute atomic E-state index is 9.67. The number of hydrogen-bond donors (Lipinski definition) is 1. The predicted octanol–water partition coefficient (Wildman–Crippen LogP) is 1.80. The molecule has 3 aliphatic rings. The van der Waals surface area contributed by atoms with Crippen molar-refractivity contribution in [1.82, 2.24) is 0 Å². The summed E-state index contributed by atoms with van der Waals surface area (Å²) in [7, 11) is 0. The summed E-state index contributed by atoms with van der Waals surface area (Å²) >= 11 is 0. The zero-order valence-electron chi connectivity index (χ0n) is 6.87. The van der Waals surface area contributed by atoms with Crippen LogP contribution in [-0.4, -0.2) is 11.2 Å². The van der Waals surface area contributed by atoms with Crippen LogP contribution >= 0.6 is 0 Å². The molecule has 0 radical (unpaired) electrons. The molecule has 2 bridgehead atoms. The van der Waals surface area contributed by atoms with Crippen molar-refractivity contribution in [2.24, 2.45) is 23.7 Å². The van der Waals surface area contributed by atoms with E-state index in [4.69, 9.17) is 0 Å². The summed E-state index contributed by atoms with van der Waals surface area (Å²) in [6.45, 7) is 0. The van der Waals surface area contributed by atoms with Crippen LogP contribution in [0.2, 0.25) is 0 Å². The molecule has 0 aliphatic heterocycles. The normalized spacial score (nSPS) is 60.3. The molecule has 62 valence electrons. The SMILES string of the molecule is O[C@H]1CC2CC1[C@H]1CCC[C@@H]21. The quantitative estimate of drug-likeness (QED) is 0.561. The standard InChI is InChI=1S/C10H16O/c11-10-5-6-4-9(10)8-3-1-2-7(6)8/h6-11H,1-5H2/t6?,7-,8-,9?,10-/m0/s1. The van der Waals surface area contributed by atoms with E-state index < -0.39 is 0 Å². The van der Waals surface area contributed by atoms with E-state index >= 15 is 0 Å². The maximum atomic E-state index is 9.67. The van der Waals surface area contributed by atoms with Crippen LogP contribution in [0.25, 0.3) is 0 Å². The van der Waals surface area contributed by atoms with E-state index in [0.29, 0.717) is 5.92 Å². The molecule has 5 atom stereocenters. The molecule has 0 saturated heterocycles. The maximum Gasteiger partial charge on any atom is 0.0574 e. The zero-order chi connectivity index (χ0) is 7.42. The second kappa shape index (κ2) is 2.01. The van der Waals surface area contributed by atoms with E-state index in [1.54, 1.807) is 0 Å². The first kappa shape index (κ1) is 6.47. The van der Waals surface area contributed by atoms with Crippen LogP contribution in [0.5, 0.6) is 0 Å². The van der Waals surface area contributed by atoms with Crippen LogP contribution in [0.3, 0.4) is 0 Å². The van der Waals surface area contributed by atoms with Gasteiger partial charge in [-0.3, -0.25) is 0 Å². The van der Waals surface area contributed by atoms with Crippen molar-refractivity contribution in [2.45, 2.75) is 38.2 Å². The second-order valence-electron chi connectivity index (χ2n) is 4.72. The molecule has 1 N–H and O–H groups in total. The number of aliphatic hydroxyl groups is 1. The highest BCUT2D eigenvalue weighted by Gasteiger charge is 2.53. The van der Waals surface area contributed by atoms with Crippen LogP contribution in [-0.2, 0) is 0 Å². The fraction of sp³-hybridized carbons (Fsp3) is 1.00. The molecule has 11 heavy (non-hydrogen) atoms. The molecule has 3 rings (SSSR count). The van der Waals surface area contributed by atoms with Gasteiger partial charge in [0, 0.05) is 0 Å². The van der Waals surface area contributed by atoms with Gasteiger partial charge in [-0.2, -0.15) is 0 Å². The van der Waals surface area contributed by atoms with E-state index in [1.807, 2.05) is 0 Å². The number of rotatable bonds is 0. The average Bonchev–Trinajstić information content (AvgIpc) is 2.52. The van der Waals surface area contributed by atoms with Crippen LogP contribution in [0.4, 0.5) is 0 Å². The lowest BCUT2D eigenvalue weighted by Crippen LogP contribution is -2.27. The van der Waals surface area contributed by atoms with Crippen LogP contribution in [0.15, 0.2) is 0 Å². The molecule has 1 nitrogen and oxygen atoms in total. The summed E-state index contributed by atoms with van der Waals surface area (Å²) in [4.78, 5) is 0. The molecule has 0 aromatic rings. The Labute approximate surface area is 67.8 Å². The van der Waals surface area contributed by atoms with Gasteiger partial charge in [0.15, 0.2) is 0 Å². The molecular weight excluding hydrogens is 136 g/mol. The molecular formula is C10H16O. The minimum atomic E-state index is 0.0827. The number of hydrogen-bond acceptors (Lipinski definition) is 1. The topological polar surface area (TPSA) is 20.2 Å². The Hall–Kier alpha value is -0.0400. The molecule has 1 heteroatoms. The highest BCUT2D eigenvalue weighted by atomic mass is 16.3. The molecule has 3 aliphatic carbocycles. The van der Waals surface area contributed by atoms with Crippen molar-refractivity contribution in [1.29, 1.82) is 0 Å². The monoisotopic (exact) mass is 152 g/mol. The van der Waals surface area contributed by atoms with Gasteiger partial charge in [0.05, 0.1) is 6.10 Å². The summed E-state index contributed by atoms with van der Waals surface area (Å²) in [6, 6.07) is 0. The molecule has 0 spiro atoms. The van der Waals surface area contributed by atoms with Crippen molar-refractivity contribution >= 4 is 0 Å². The number of aliphatic hydroxyl groups excluding tert-OH is 1. The Morgan fingerprint density at radius 2 is 1.73 bits per heavy atom. The van der Waals surface area contributed by atoms with Crippen molar-refractivity contribution < 1.29 is 5.11 Å². The lowest BCUT2D eigenvalue weighted by atomic mass is 9.80. The third-order valence-corrected chi connectivity index (χ3v) is 4.39. The van der Waals surface area contributed by atoms with Crippen molar-refractivity contribution in [3.63, 3.8) is 0 Å². The van der Waals surface area contributed by atoms with Crippen molar-refractivity contribution in [2.75, 3.05) is 0 Å². The van der Waals surface area contributed by atoms with E-state index in [1.165, 1.54) is 25.7 Å². The van der Waals surface area contributed by atoms with Crippen molar-refractivity contribution in [3.05, 3.63) is 0 Å². The first-order chi connectivity index (χ1) is 5.36. The minimum Gasteiger partial charge on any atom is -0.393 e. The second-order valence-corrected chi connectivity index (χ2v) is 4.72. The molecule has 0 aromatic carbocycles. The van der Waals surface area contributed by atoms with Gasteiger partial charge in [-0.15, -0.1) is 0 Å². The summed E-state index contributed by atoms with van der Waals surface area (Å²) in [5, 5.41) is 9.67. The molecule has 0 aromatic heterocycles. The van der Waals surface area contributed by atoms with Crippen LogP contribution in [0.1, 0.15) is 32.1 Å². The zero-order valence-corrected chi connectivity index (χ0v) is 6.87. The van der Waals surface area contributed by atoms with E-state index in [0.717, 1.165) is 24.2 Å². The van der Waals surface area contributed by atoms with E-state index in [-0.39, 0.29) is 6.10 Å². The Morgan fingerprint density at radius 3 is 2.64 bits per heavy atom. The lowest BCUT2D eigenvalue weighted by Gasteiger charge is -2.28. The predicted molar refractivity (Wildman–Crippen MR) is 43.1 cm³/mol. The van der Waals surface area contributed by atoms with Gasteiger partial charge in [-0.05, 0) is 49.4 Å². The van der Waals surface area contributed by atoms with Crippen LogP contribution in [0, 0.1) is 23.7 Å². The molecule has 3 saturated carbocycles. The smallest absolute Gasteiger partial charge is 0.0574 e. The van der Waals surface area contributed by atoms with Gasteiger partial charge in [0.2, 0.25) is 0 Å². The van der Waals surface area contributed by atoms with Crippen LogP contribution < -0.4 is 0 Å².